The van der Waals surface area contributed by atoms with Crippen molar-refractivity contribution >= 4 is 22.8 Å². The van der Waals surface area contributed by atoms with E-state index in [1.807, 2.05) is 11.9 Å². The SMILES string of the molecule is CCN(C)c1nc(C(C)(C)C)c(C=O)s1. The lowest BCUT2D eigenvalue weighted by atomic mass is 9.91. The summed E-state index contributed by atoms with van der Waals surface area (Å²) in [7, 11) is 1.99. The van der Waals surface area contributed by atoms with E-state index in [1.165, 1.54) is 11.3 Å². The number of hydrogen-bond acceptors (Lipinski definition) is 4. The van der Waals surface area contributed by atoms with Crippen molar-refractivity contribution in [1.82, 2.24) is 4.98 Å². The van der Waals surface area contributed by atoms with Crippen LogP contribution in [0.1, 0.15) is 43.1 Å². The molecular weight excluding hydrogens is 208 g/mol. The molecule has 0 radical (unpaired) electrons. The van der Waals surface area contributed by atoms with Crippen LogP contribution in [0.4, 0.5) is 5.13 Å². The van der Waals surface area contributed by atoms with Crippen LogP contribution in [-0.4, -0.2) is 24.9 Å². The number of carbonyl (C=O) groups is 1. The molecule has 1 aromatic rings. The van der Waals surface area contributed by atoms with Gasteiger partial charge in [0.25, 0.3) is 0 Å². The number of thiazole rings is 1. The largest absolute Gasteiger partial charge is 0.351 e. The second-order valence-electron chi connectivity index (χ2n) is 4.59. The van der Waals surface area contributed by atoms with E-state index in [0.717, 1.165) is 28.5 Å². The molecule has 1 aromatic heterocycles. The van der Waals surface area contributed by atoms with Gasteiger partial charge in [-0.2, -0.15) is 0 Å². The van der Waals surface area contributed by atoms with Crippen molar-refractivity contribution < 1.29 is 4.79 Å². The molecule has 0 aromatic carbocycles. The molecule has 4 heteroatoms. The lowest BCUT2D eigenvalue weighted by molar-refractivity contribution is 0.112. The summed E-state index contributed by atoms with van der Waals surface area (Å²) in [6.07, 6.45) is 0.908. The standard InChI is InChI=1S/C11H18N2OS/c1-6-13(5)10-12-9(11(2,3)4)8(7-14)15-10/h7H,6H2,1-5H3. The fraction of sp³-hybridized carbons (Fsp3) is 0.636. The molecule has 1 rings (SSSR count). The maximum Gasteiger partial charge on any atom is 0.185 e. The van der Waals surface area contributed by atoms with Crippen LogP contribution in [0, 0.1) is 0 Å². The summed E-state index contributed by atoms with van der Waals surface area (Å²) < 4.78 is 0. The van der Waals surface area contributed by atoms with Crippen LogP contribution < -0.4 is 4.90 Å². The van der Waals surface area contributed by atoms with Crippen molar-refractivity contribution in [2.24, 2.45) is 0 Å². The molecule has 0 N–H and O–H groups in total. The zero-order valence-corrected chi connectivity index (χ0v) is 10.8. The summed E-state index contributed by atoms with van der Waals surface area (Å²) >= 11 is 1.47. The molecule has 0 amide bonds. The number of nitrogens with zero attached hydrogens (tertiary/aromatic N) is 2. The second-order valence-corrected chi connectivity index (χ2v) is 5.60. The van der Waals surface area contributed by atoms with Crippen molar-refractivity contribution in [2.45, 2.75) is 33.1 Å². The molecule has 84 valence electrons. The predicted octanol–water partition coefficient (Wildman–Crippen LogP) is 2.71. The topological polar surface area (TPSA) is 33.2 Å². The summed E-state index contributed by atoms with van der Waals surface area (Å²) in [5, 5.41) is 0.921. The van der Waals surface area contributed by atoms with E-state index >= 15 is 0 Å². The molecule has 0 bridgehead atoms. The van der Waals surface area contributed by atoms with Gasteiger partial charge in [0.15, 0.2) is 11.4 Å². The van der Waals surface area contributed by atoms with Crippen LogP contribution in [0.2, 0.25) is 0 Å². The molecule has 0 unspecified atom stereocenters. The number of anilines is 1. The molecule has 0 aliphatic heterocycles. The van der Waals surface area contributed by atoms with Gasteiger partial charge in [0.2, 0.25) is 0 Å². The van der Waals surface area contributed by atoms with Gasteiger partial charge in [-0.3, -0.25) is 4.79 Å². The van der Waals surface area contributed by atoms with E-state index in [9.17, 15) is 4.79 Å². The number of carbonyl (C=O) groups excluding carboxylic acids is 1. The summed E-state index contributed by atoms with van der Waals surface area (Å²) in [6, 6.07) is 0. The van der Waals surface area contributed by atoms with Crippen molar-refractivity contribution in [2.75, 3.05) is 18.5 Å². The van der Waals surface area contributed by atoms with Crippen LogP contribution in [0.15, 0.2) is 0 Å². The van der Waals surface area contributed by atoms with E-state index in [2.05, 4.69) is 32.7 Å². The van der Waals surface area contributed by atoms with E-state index in [0.29, 0.717) is 0 Å². The molecule has 1 heterocycles. The van der Waals surface area contributed by atoms with Gasteiger partial charge < -0.3 is 4.90 Å². The Bertz CT molecular complexity index is 352. The fourth-order valence-corrected chi connectivity index (χ4v) is 2.35. The van der Waals surface area contributed by atoms with Gasteiger partial charge in [-0.15, -0.1) is 0 Å². The van der Waals surface area contributed by atoms with Gasteiger partial charge in [0, 0.05) is 19.0 Å². The summed E-state index contributed by atoms with van der Waals surface area (Å²) in [5.74, 6) is 0. The minimum Gasteiger partial charge on any atom is -0.351 e. The first-order chi connectivity index (χ1) is 6.90. The van der Waals surface area contributed by atoms with E-state index < -0.39 is 0 Å². The molecule has 15 heavy (non-hydrogen) atoms. The molecule has 0 atom stereocenters. The number of aromatic nitrogens is 1. The Morgan fingerprint density at radius 2 is 2.07 bits per heavy atom. The highest BCUT2D eigenvalue weighted by Crippen LogP contribution is 2.32. The summed E-state index contributed by atoms with van der Waals surface area (Å²) in [4.78, 5) is 18.3. The molecule has 0 aliphatic carbocycles. The molecule has 0 saturated carbocycles. The summed E-state index contributed by atoms with van der Waals surface area (Å²) in [5.41, 5.74) is 0.831. The second kappa shape index (κ2) is 4.31. The van der Waals surface area contributed by atoms with Gasteiger partial charge in [-0.1, -0.05) is 32.1 Å². The monoisotopic (exact) mass is 226 g/mol. The Kier molecular flexibility index (Phi) is 3.50. The van der Waals surface area contributed by atoms with Gasteiger partial charge in [0.1, 0.15) is 0 Å². The number of rotatable bonds is 3. The smallest absolute Gasteiger partial charge is 0.185 e. The Labute approximate surface area is 95.1 Å². The third-order valence-corrected chi connectivity index (χ3v) is 3.36. The van der Waals surface area contributed by atoms with Crippen LogP contribution in [0.25, 0.3) is 0 Å². The third-order valence-electron chi connectivity index (χ3n) is 2.26. The van der Waals surface area contributed by atoms with E-state index in [1.54, 1.807) is 0 Å². The van der Waals surface area contributed by atoms with Gasteiger partial charge in [-0.05, 0) is 6.92 Å². The number of hydrogen-bond donors (Lipinski definition) is 0. The van der Waals surface area contributed by atoms with Crippen molar-refractivity contribution in [3.05, 3.63) is 10.6 Å². The average molecular weight is 226 g/mol. The van der Waals surface area contributed by atoms with Crippen molar-refractivity contribution in [3.8, 4) is 0 Å². The molecule has 0 aliphatic rings. The van der Waals surface area contributed by atoms with Gasteiger partial charge >= 0.3 is 0 Å². The highest BCUT2D eigenvalue weighted by atomic mass is 32.1. The maximum atomic E-state index is 11.0. The lowest BCUT2D eigenvalue weighted by Crippen LogP contribution is -2.17. The first kappa shape index (κ1) is 12.2. The zero-order chi connectivity index (χ0) is 11.6. The van der Waals surface area contributed by atoms with Crippen LogP contribution >= 0.6 is 11.3 Å². The zero-order valence-electron chi connectivity index (χ0n) is 10.00. The Hall–Kier alpha value is -0.900. The highest BCUT2D eigenvalue weighted by molar-refractivity contribution is 7.17. The predicted molar refractivity (Wildman–Crippen MR) is 65.1 cm³/mol. The first-order valence-corrected chi connectivity index (χ1v) is 5.89. The maximum absolute atomic E-state index is 11.0. The molecule has 3 nitrogen and oxygen atoms in total. The Morgan fingerprint density at radius 1 is 1.47 bits per heavy atom. The van der Waals surface area contributed by atoms with E-state index in [-0.39, 0.29) is 5.41 Å². The van der Waals surface area contributed by atoms with Crippen molar-refractivity contribution in [3.63, 3.8) is 0 Å². The fourth-order valence-electron chi connectivity index (χ4n) is 1.24. The van der Waals surface area contributed by atoms with Gasteiger partial charge in [0.05, 0.1) is 10.6 Å². The Balaban J connectivity index is 3.17. The normalized spacial score (nSPS) is 11.5. The molecular formula is C11H18N2OS. The minimum atomic E-state index is -0.0699. The van der Waals surface area contributed by atoms with Crippen LogP contribution in [-0.2, 0) is 5.41 Å². The van der Waals surface area contributed by atoms with Gasteiger partial charge in [-0.25, -0.2) is 4.98 Å². The van der Waals surface area contributed by atoms with Crippen LogP contribution in [0.5, 0.6) is 0 Å². The third kappa shape index (κ3) is 2.56. The molecule has 0 spiro atoms. The molecule has 0 saturated heterocycles. The number of aldehydes is 1. The van der Waals surface area contributed by atoms with Crippen molar-refractivity contribution in [1.29, 1.82) is 0 Å². The quantitative estimate of drug-likeness (QED) is 0.743. The van der Waals surface area contributed by atoms with Crippen LogP contribution in [0.3, 0.4) is 0 Å². The minimum absolute atomic E-state index is 0.0699. The van der Waals surface area contributed by atoms with E-state index in [4.69, 9.17) is 0 Å². The molecule has 0 fully saturated rings. The lowest BCUT2D eigenvalue weighted by Gasteiger charge is -2.16. The summed E-state index contributed by atoms with van der Waals surface area (Å²) in [6.45, 7) is 9.19. The average Bonchev–Trinajstić information content (AvgIpc) is 2.59. The highest BCUT2D eigenvalue weighted by Gasteiger charge is 2.23. The Morgan fingerprint density at radius 3 is 2.40 bits per heavy atom. The first-order valence-electron chi connectivity index (χ1n) is 5.07.